The van der Waals surface area contributed by atoms with Crippen LogP contribution in [0, 0.1) is 6.92 Å². The summed E-state index contributed by atoms with van der Waals surface area (Å²) in [5.41, 5.74) is 8.34. The molecule has 0 atom stereocenters. The summed E-state index contributed by atoms with van der Waals surface area (Å²) in [4.78, 5) is 12.4. The summed E-state index contributed by atoms with van der Waals surface area (Å²) in [6.45, 7) is 2.48. The summed E-state index contributed by atoms with van der Waals surface area (Å²) in [6, 6.07) is 9.62. The molecule has 3 rings (SSSR count). The monoisotopic (exact) mass is 299 g/mol. The Kier molecular flexibility index (Phi) is 3.98. The summed E-state index contributed by atoms with van der Waals surface area (Å²) in [5.74, 6) is -0.00601. The minimum absolute atomic E-state index is 0.232. The first-order chi connectivity index (χ1) is 10.6. The van der Waals surface area contributed by atoms with Gasteiger partial charge in [0.1, 0.15) is 5.69 Å². The van der Waals surface area contributed by atoms with Crippen molar-refractivity contribution >= 4 is 5.91 Å². The molecule has 22 heavy (non-hydrogen) atoms. The Balaban J connectivity index is 1.75. The van der Waals surface area contributed by atoms with Crippen LogP contribution in [0.15, 0.2) is 34.9 Å². The SMILES string of the molecule is Cc1ccc(-c2cc(C(=O)NC3(CN)CCCC3)on2)cc1. The predicted molar refractivity (Wildman–Crippen MR) is 84.4 cm³/mol. The third-order valence-corrected chi connectivity index (χ3v) is 4.41. The molecule has 0 radical (unpaired) electrons. The van der Waals surface area contributed by atoms with E-state index in [4.69, 9.17) is 10.3 Å². The second-order valence-electron chi connectivity index (χ2n) is 6.09. The molecule has 0 spiro atoms. The van der Waals surface area contributed by atoms with E-state index in [9.17, 15) is 4.79 Å². The molecular weight excluding hydrogens is 278 g/mol. The van der Waals surface area contributed by atoms with Gasteiger partial charge < -0.3 is 15.6 Å². The first kappa shape index (κ1) is 14.8. The standard InChI is InChI=1S/C17H21N3O2/c1-12-4-6-13(7-5-12)14-10-15(22-20-14)16(21)19-17(11-18)8-2-3-9-17/h4-7,10H,2-3,8-9,11,18H2,1H3,(H,19,21). The molecule has 1 aliphatic carbocycles. The molecule has 1 saturated carbocycles. The quantitative estimate of drug-likeness (QED) is 0.909. The lowest BCUT2D eigenvalue weighted by molar-refractivity contribution is 0.0865. The molecule has 1 fully saturated rings. The number of aromatic nitrogens is 1. The second kappa shape index (κ2) is 5.93. The van der Waals surface area contributed by atoms with Crippen molar-refractivity contribution in [1.82, 2.24) is 10.5 Å². The van der Waals surface area contributed by atoms with Crippen LogP contribution in [0.4, 0.5) is 0 Å². The van der Waals surface area contributed by atoms with Gasteiger partial charge in [-0.25, -0.2) is 0 Å². The number of benzene rings is 1. The minimum Gasteiger partial charge on any atom is -0.350 e. The normalized spacial score (nSPS) is 16.6. The van der Waals surface area contributed by atoms with Crippen molar-refractivity contribution in [3.05, 3.63) is 41.7 Å². The predicted octanol–water partition coefficient (Wildman–Crippen LogP) is 2.65. The number of nitrogens with two attached hydrogens (primary N) is 1. The topological polar surface area (TPSA) is 81.2 Å². The highest BCUT2D eigenvalue weighted by Crippen LogP contribution is 2.29. The van der Waals surface area contributed by atoms with Crippen LogP contribution >= 0.6 is 0 Å². The number of nitrogens with one attached hydrogen (secondary N) is 1. The Morgan fingerprint density at radius 2 is 2.00 bits per heavy atom. The van der Waals surface area contributed by atoms with Gasteiger partial charge in [-0.3, -0.25) is 4.79 Å². The fraction of sp³-hybridized carbons (Fsp3) is 0.412. The molecule has 1 aromatic heterocycles. The number of rotatable bonds is 4. The fourth-order valence-corrected chi connectivity index (χ4v) is 2.98. The maximum atomic E-state index is 12.4. The van der Waals surface area contributed by atoms with Crippen LogP contribution in [-0.2, 0) is 0 Å². The lowest BCUT2D eigenvalue weighted by Gasteiger charge is -2.27. The van der Waals surface area contributed by atoms with Gasteiger partial charge >= 0.3 is 0 Å². The molecule has 116 valence electrons. The number of hydrogen-bond acceptors (Lipinski definition) is 4. The van der Waals surface area contributed by atoms with Crippen LogP contribution in [-0.4, -0.2) is 23.1 Å². The molecule has 0 bridgehead atoms. The smallest absolute Gasteiger partial charge is 0.290 e. The Morgan fingerprint density at radius 1 is 1.32 bits per heavy atom. The molecule has 1 aliphatic rings. The summed E-state index contributed by atoms with van der Waals surface area (Å²) in [6.07, 6.45) is 4.05. The lowest BCUT2D eigenvalue weighted by Crippen LogP contribution is -2.51. The van der Waals surface area contributed by atoms with Gasteiger partial charge in [0.2, 0.25) is 5.76 Å². The maximum absolute atomic E-state index is 12.4. The van der Waals surface area contributed by atoms with E-state index in [1.807, 2.05) is 31.2 Å². The van der Waals surface area contributed by atoms with E-state index in [1.165, 1.54) is 5.56 Å². The van der Waals surface area contributed by atoms with Crippen molar-refractivity contribution < 1.29 is 9.32 Å². The van der Waals surface area contributed by atoms with Crippen LogP contribution < -0.4 is 11.1 Å². The van der Waals surface area contributed by atoms with Crippen molar-refractivity contribution in [2.24, 2.45) is 5.73 Å². The summed E-state index contributed by atoms with van der Waals surface area (Å²) >= 11 is 0. The minimum atomic E-state index is -0.284. The van der Waals surface area contributed by atoms with Crippen LogP contribution in [0.1, 0.15) is 41.8 Å². The zero-order valence-electron chi connectivity index (χ0n) is 12.8. The lowest BCUT2D eigenvalue weighted by atomic mass is 9.97. The number of aryl methyl sites for hydroxylation is 1. The first-order valence-corrected chi connectivity index (χ1v) is 7.68. The highest BCUT2D eigenvalue weighted by atomic mass is 16.5. The van der Waals surface area contributed by atoms with Gasteiger partial charge in [0.05, 0.1) is 5.54 Å². The van der Waals surface area contributed by atoms with E-state index in [2.05, 4.69) is 10.5 Å². The third kappa shape index (κ3) is 2.90. The summed E-state index contributed by atoms with van der Waals surface area (Å²) in [5, 5.41) is 7.03. The molecule has 3 N–H and O–H groups in total. The second-order valence-corrected chi connectivity index (χ2v) is 6.09. The van der Waals surface area contributed by atoms with Crippen LogP contribution in [0.25, 0.3) is 11.3 Å². The zero-order chi connectivity index (χ0) is 15.6. The third-order valence-electron chi connectivity index (χ3n) is 4.41. The fourth-order valence-electron chi connectivity index (χ4n) is 2.98. The van der Waals surface area contributed by atoms with Crippen molar-refractivity contribution in [2.45, 2.75) is 38.1 Å². The molecule has 0 saturated heterocycles. The molecule has 1 heterocycles. The molecule has 5 nitrogen and oxygen atoms in total. The Labute approximate surface area is 129 Å². The van der Waals surface area contributed by atoms with E-state index >= 15 is 0 Å². The molecule has 5 heteroatoms. The largest absolute Gasteiger partial charge is 0.350 e. The van der Waals surface area contributed by atoms with Crippen molar-refractivity contribution in [2.75, 3.05) is 6.54 Å². The van der Waals surface area contributed by atoms with Crippen LogP contribution in [0.3, 0.4) is 0 Å². The summed E-state index contributed by atoms with van der Waals surface area (Å²) < 4.78 is 5.21. The molecule has 2 aromatic rings. The Morgan fingerprint density at radius 3 is 2.64 bits per heavy atom. The molecular formula is C17H21N3O2. The van der Waals surface area contributed by atoms with E-state index in [0.29, 0.717) is 12.2 Å². The average Bonchev–Trinajstić information content (AvgIpc) is 3.18. The number of carbonyl (C=O) groups excluding carboxylic acids is 1. The number of hydrogen-bond donors (Lipinski definition) is 2. The first-order valence-electron chi connectivity index (χ1n) is 7.68. The van der Waals surface area contributed by atoms with Gasteiger partial charge in [-0.15, -0.1) is 0 Å². The van der Waals surface area contributed by atoms with Crippen molar-refractivity contribution in [3.8, 4) is 11.3 Å². The van der Waals surface area contributed by atoms with Gasteiger partial charge in [-0.05, 0) is 19.8 Å². The highest BCUT2D eigenvalue weighted by Gasteiger charge is 2.34. The van der Waals surface area contributed by atoms with Gasteiger partial charge in [-0.1, -0.05) is 47.8 Å². The van der Waals surface area contributed by atoms with Crippen LogP contribution in [0.5, 0.6) is 0 Å². The van der Waals surface area contributed by atoms with E-state index in [1.54, 1.807) is 6.07 Å². The maximum Gasteiger partial charge on any atom is 0.290 e. The number of amides is 1. The van der Waals surface area contributed by atoms with Gasteiger partial charge in [0.25, 0.3) is 5.91 Å². The van der Waals surface area contributed by atoms with E-state index in [-0.39, 0.29) is 17.2 Å². The average molecular weight is 299 g/mol. The van der Waals surface area contributed by atoms with Gasteiger partial charge in [0.15, 0.2) is 0 Å². The molecule has 0 unspecified atom stereocenters. The number of nitrogens with zero attached hydrogens (tertiary/aromatic N) is 1. The molecule has 1 aromatic carbocycles. The molecule has 1 amide bonds. The Hall–Kier alpha value is -2.14. The highest BCUT2D eigenvalue weighted by molar-refractivity contribution is 5.93. The Bertz CT molecular complexity index is 655. The van der Waals surface area contributed by atoms with Gasteiger partial charge in [-0.2, -0.15) is 0 Å². The summed E-state index contributed by atoms with van der Waals surface area (Å²) in [7, 11) is 0. The van der Waals surface area contributed by atoms with Crippen molar-refractivity contribution in [1.29, 1.82) is 0 Å². The van der Waals surface area contributed by atoms with Gasteiger partial charge in [0, 0.05) is 18.2 Å². The van der Waals surface area contributed by atoms with Crippen molar-refractivity contribution in [3.63, 3.8) is 0 Å². The number of carbonyl (C=O) groups is 1. The van der Waals surface area contributed by atoms with Crippen LogP contribution in [0.2, 0.25) is 0 Å². The molecule has 0 aliphatic heterocycles. The zero-order valence-corrected chi connectivity index (χ0v) is 12.8. The van der Waals surface area contributed by atoms with E-state index in [0.717, 1.165) is 31.2 Å². The van der Waals surface area contributed by atoms with E-state index < -0.39 is 0 Å².